The van der Waals surface area contributed by atoms with Crippen LogP contribution < -0.4 is 0 Å². The Balaban J connectivity index is 2.70. The second-order valence-corrected chi connectivity index (χ2v) is 7.00. The van der Waals surface area contributed by atoms with Gasteiger partial charge in [0.2, 0.25) is 10.0 Å². The molecule has 0 fully saturated rings. The molecule has 1 aromatic rings. The molecule has 0 aliphatic heterocycles. The number of sulfonamides is 1. The number of hydrogen-bond donors (Lipinski definition) is 0. The van der Waals surface area contributed by atoms with Gasteiger partial charge < -0.3 is 4.74 Å². The van der Waals surface area contributed by atoms with Gasteiger partial charge in [0, 0.05) is 20.2 Å². The summed E-state index contributed by atoms with van der Waals surface area (Å²) in [7, 11) is -1.59. The van der Waals surface area contributed by atoms with E-state index in [-0.39, 0.29) is 5.75 Å². The lowest BCUT2D eigenvalue weighted by Gasteiger charge is -2.21. The molecule has 1 rings (SSSR count). The highest BCUT2D eigenvalue weighted by Gasteiger charge is 2.21. The minimum atomic E-state index is -3.17. The van der Waals surface area contributed by atoms with Crippen LogP contribution >= 0.6 is 11.3 Å². The maximum atomic E-state index is 12.2. The van der Waals surface area contributed by atoms with Crippen LogP contribution in [0.1, 0.15) is 25.3 Å². The molecule has 0 unspecified atom stereocenters. The Morgan fingerprint density at radius 2 is 2.22 bits per heavy atom. The van der Waals surface area contributed by atoms with E-state index in [1.165, 1.54) is 4.31 Å². The fraction of sp³-hybridized carbons (Fsp3) is 0.667. The summed E-state index contributed by atoms with van der Waals surface area (Å²) in [6.45, 7) is 3.28. The van der Waals surface area contributed by atoms with Gasteiger partial charge in [-0.25, -0.2) is 8.42 Å². The van der Waals surface area contributed by atoms with Crippen molar-refractivity contribution in [3.63, 3.8) is 0 Å². The zero-order valence-corrected chi connectivity index (χ0v) is 12.6. The Hall–Kier alpha value is -0.430. The van der Waals surface area contributed by atoms with Crippen LogP contribution in [-0.4, -0.2) is 38.7 Å². The van der Waals surface area contributed by atoms with E-state index >= 15 is 0 Å². The first-order valence-electron chi connectivity index (χ1n) is 6.08. The molecule has 0 atom stereocenters. The van der Waals surface area contributed by atoms with Crippen molar-refractivity contribution in [3.8, 4) is 0 Å². The summed E-state index contributed by atoms with van der Waals surface area (Å²) in [5.74, 6) is 0.220. The third-order valence-corrected chi connectivity index (χ3v) is 5.27. The van der Waals surface area contributed by atoms with Gasteiger partial charge in [-0.15, -0.1) is 0 Å². The summed E-state index contributed by atoms with van der Waals surface area (Å²) in [5.41, 5.74) is 1.04. The van der Waals surface area contributed by atoms with Crippen LogP contribution in [0.5, 0.6) is 0 Å². The van der Waals surface area contributed by atoms with Crippen LogP contribution in [0.3, 0.4) is 0 Å². The monoisotopic (exact) mass is 291 g/mol. The van der Waals surface area contributed by atoms with Gasteiger partial charge in [-0.3, -0.25) is 0 Å². The Morgan fingerprint density at radius 1 is 1.44 bits per heavy atom. The molecule has 1 aromatic heterocycles. The summed E-state index contributed by atoms with van der Waals surface area (Å²) in [4.78, 5) is 0. The predicted octanol–water partition coefficient (Wildman–Crippen LogP) is 2.33. The molecule has 104 valence electrons. The van der Waals surface area contributed by atoms with E-state index in [0.29, 0.717) is 26.1 Å². The van der Waals surface area contributed by atoms with Crippen molar-refractivity contribution >= 4 is 21.4 Å². The average Bonchev–Trinajstić information content (AvgIpc) is 2.84. The van der Waals surface area contributed by atoms with Crippen LogP contribution in [0.15, 0.2) is 16.8 Å². The molecule has 6 heteroatoms. The molecule has 0 aliphatic rings. The van der Waals surface area contributed by atoms with Crippen molar-refractivity contribution in [2.75, 3.05) is 26.0 Å². The largest absolute Gasteiger partial charge is 0.383 e. The molecule has 0 amide bonds. The molecule has 18 heavy (non-hydrogen) atoms. The van der Waals surface area contributed by atoms with Gasteiger partial charge in [0.1, 0.15) is 0 Å². The Bertz CT molecular complexity index is 415. The molecule has 0 bridgehead atoms. The second kappa shape index (κ2) is 7.89. The highest BCUT2D eigenvalue weighted by molar-refractivity contribution is 7.89. The lowest BCUT2D eigenvalue weighted by Crippen LogP contribution is -2.35. The highest BCUT2D eigenvalue weighted by atomic mass is 32.2. The van der Waals surface area contributed by atoms with Crippen LogP contribution in [0.2, 0.25) is 0 Å². The van der Waals surface area contributed by atoms with E-state index in [1.54, 1.807) is 18.4 Å². The van der Waals surface area contributed by atoms with Crippen LogP contribution in [-0.2, 0) is 21.3 Å². The fourth-order valence-corrected chi connectivity index (χ4v) is 3.82. The second-order valence-electron chi connectivity index (χ2n) is 4.13. The minimum absolute atomic E-state index is 0.220. The third-order valence-electron chi connectivity index (χ3n) is 2.63. The van der Waals surface area contributed by atoms with Gasteiger partial charge in [0.05, 0.1) is 12.4 Å². The molecule has 0 aromatic carbocycles. The van der Waals surface area contributed by atoms with E-state index in [4.69, 9.17) is 4.74 Å². The number of rotatable bonds is 9. The lowest BCUT2D eigenvalue weighted by atomic mass is 10.3. The van der Waals surface area contributed by atoms with Crippen molar-refractivity contribution in [1.29, 1.82) is 0 Å². The number of methoxy groups -OCH3 is 1. The standard InChI is InChI=1S/C12H21NO3S2/c1-3-4-9-18(14,15)13(6-7-16-2)10-12-5-8-17-11-12/h5,8,11H,3-4,6-7,9-10H2,1-2H3. The molecular formula is C12H21NO3S2. The SMILES string of the molecule is CCCCS(=O)(=O)N(CCOC)Cc1ccsc1. The van der Waals surface area contributed by atoms with Crippen molar-refractivity contribution < 1.29 is 13.2 Å². The first-order chi connectivity index (χ1) is 8.60. The quantitative estimate of drug-likeness (QED) is 0.701. The van der Waals surface area contributed by atoms with Gasteiger partial charge in [-0.05, 0) is 28.8 Å². The number of hydrogen-bond acceptors (Lipinski definition) is 4. The van der Waals surface area contributed by atoms with Gasteiger partial charge in [-0.1, -0.05) is 13.3 Å². The number of unbranched alkanes of at least 4 members (excludes halogenated alkanes) is 1. The topological polar surface area (TPSA) is 46.6 Å². The van der Waals surface area contributed by atoms with Crippen molar-refractivity contribution in [2.24, 2.45) is 0 Å². The first-order valence-corrected chi connectivity index (χ1v) is 8.63. The molecule has 0 aliphatic carbocycles. The summed E-state index contributed by atoms with van der Waals surface area (Å²) >= 11 is 1.58. The van der Waals surface area contributed by atoms with Crippen LogP contribution in [0.25, 0.3) is 0 Å². The minimum Gasteiger partial charge on any atom is -0.383 e. The van der Waals surface area contributed by atoms with Gasteiger partial charge in [0.15, 0.2) is 0 Å². The maximum Gasteiger partial charge on any atom is 0.214 e. The summed E-state index contributed by atoms with van der Waals surface area (Å²) in [6.07, 6.45) is 1.59. The van der Waals surface area contributed by atoms with Crippen molar-refractivity contribution in [1.82, 2.24) is 4.31 Å². The zero-order valence-electron chi connectivity index (χ0n) is 11.0. The molecule has 0 spiro atoms. The van der Waals surface area contributed by atoms with E-state index < -0.39 is 10.0 Å². The van der Waals surface area contributed by atoms with E-state index in [9.17, 15) is 8.42 Å². The van der Waals surface area contributed by atoms with E-state index in [0.717, 1.165) is 12.0 Å². The first kappa shape index (κ1) is 15.6. The molecule has 0 saturated heterocycles. The Morgan fingerprint density at radius 3 is 2.78 bits per heavy atom. The third kappa shape index (κ3) is 5.06. The maximum absolute atomic E-state index is 12.2. The highest BCUT2D eigenvalue weighted by Crippen LogP contribution is 2.13. The Kier molecular flexibility index (Phi) is 6.85. The molecular weight excluding hydrogens is 270 g/mol. The van der Waals surface area contributed by atoms with Gasteiger partial charge >= 0.3 is 0 Å². The number of thiophene rings is 1. The summed E-state index contributed by atoms with van der Waals surface area (Å²) < 4.78 is 30.9. The van der Waals surface area contributed by atoms with E-state index in [2.05, 4.69) is 0 Å². The van der Waals surface area contributed by atoms with Crippen molar-refractivity contribution in [2.45, 2.75) is 26.3 Å². The van der Waals surface area contributed by atoms with Crippen LogP contribution in [0, 0.1) is 0 Å². The Labute approximate surface area is 114 Å². The zero-order chi connectivity index (χ0) is 13.4. The van der Waals surface area contributed by atoms with Crippen LogP contribution in [0.4, 0.5) is 0 Å². The lowest BCUT2D eigenvalue weighted by molar-refractivity contribution is 0.177. The van der Waals surface area contributed by atoms with Gasteiger partial charge in [-0.2, -0.15) is 15.6 Å². The summed E-state index contributed by atoms with van der Waals surface area (Å²) in [6, 6.07) is 1.96. The smallest absolute Gasteiger partial charge is 0.214 e. The summed E-state index contributed by atoms with van der Waals surface area (Å²) in [5, 5.41) is 3.94. The van der Waals surface area contributed by atoms with Crippen molar-refractivity contribution in [3.05, 3.63) is 22.4 Å². The predicted molar refractivity (Wildman–Crippen MR) is 75.3 cm³/mol. The number of ether oxygens (including phenoxy) is 1. The molecule has 0 N–H and O–H groups in total. The molecule has 1 heterocycles. The van der Waals surface area contributed by atoms with E-state index in [1.807, 2.05) is 23.8 Å². The molecule has 0 radical (unpaired) electrons. The fourth-order valence-electron chi connectivity index (χ4n) is 1.55. The normalized spacial score (nSPS) is 12.2. The molecule has 0 saturated carbocycles. The van der Waals surface area contributed by atoms with Gasteiger partial charge in [0.25, 0.3) is 0 Å². The average molecular weight is 291 g/mol. The molecule has 4 nitrogen and oxygen atoms in total. The number of nitrogens with zero attached hydrogens (tertiary/aromatic N) is 1.